The zero-order valence-electron chi connectivity index (χ0n) is 17.6. The quantitative estimate of drug-likeness (QED) is 0.350. The Morgan fingerprint density at radius 1 is 0.788 bits per heavy atom. The Morgan fingerprint density at radius 2 is 1.42 bits per heavy atom. The highest BCUT2D eigenvalue weighted by atomic mass is 16.5. The molecule has 0 saturated heterocycles. The number of phenolic OH excluding ortho intramolecular Hbond substituents is 1. The van der Waals surface area contributed by atoms with Gasteiger partial charge in [-0.25, -0.2) is 0 Å². The second-order valence-corrected chi connectivity index (χ2v) is 7.33. The number of para-hydroxylation sites is 2. The highest BCUT2D eigenvalue weighted by molar-refractivity contribution is 5.95. The molecule has 1 amide bonds. The predicted octanol–water partition coefficient (Wildman–Crippen LogP) is 4.42. The summed E-state index contributed by atoms with van der Waals surface area (Å²) in [5.74, 6) is -1.10. The van der Waals surface area contributed by atoms with Crippen LogP contribution in [0.1, 0.15) is 5.56 Å². The summed E-state index contributed by atoms with van der Waals surface area (Å²) in [6, 6.07) is 27.2. The number of amides is 1. The molecular weight excluding hydrogens is 420 g/mol. The highest BCUT2D eigenvalue weighted by Gasteiger charge is 2.15. The third-order valence-corrected chi connectivity index (χ3v) is 5.04. The third-order valence-electron chi connectivity index (χ3n) is 5.04. The van der Waals surface area contributed by atoms with Crippen molar-refractivity contribution in [2.45, 2.75) is 6.42 Å². The molecule has 0 radical (unpaired) electrons. The summed E-state index contributed by atoms with van der Waals surface area (Å²) in [6.07, 6.45) is -0.288. The van der Waals surface area contributed by atoms with Gasteiger partial charge in [0.25, 0.3) is 5.91 Å². The molecule has 4 aromatic rings. The highest BCUT2D eigenvalue weighted by Crippen LogP contribution is 2.34. The SMILES string of the molecule is O=C(O)Cc1ccc2c(OCC(=O)NN(c3ccccc3)c3ccccc3)cccc2c1O. The number of phenols is 1. The van der Waals surface area contributed by atoms with E-state index < -0.39 is 5.97 Å². The molecule has 0 heterocycles. The van der Waals surface area contributed by atoms with E-state index in [0.717, 1.165) is 11.4 Å². The zero-order valence-corrected chi connectivity index (χ0v) is 17.6. The first-order valence-electron chi connectivity index (χ1n) is 10.3. The number of aromatic hydroxyl groups is 1. The van der Waals surface area contributed by atoms with Crippen LogP contribution in [0.2, 0.25) is 0 Å². The first-order valence-corrected chi connectivity index (χ1v) is 10.3. The molecule has 0 aliphatic carbocycles. The van der Waals surface area contributed by atoms with Crippen LogP contribution in [0.4, 0.5) is 11.4 Å². The molecule has 0 bridgehead atoms. The number of nitrogens with one attached hydrogen (secondary N) is 1. The molecule has 33 heavy (non-hydrogen) atoms. The first-order chi connectivity index (χ1) is 16.0. The number of hydrogen-bond donors (Lipinski definition) is 3. The number of hydrazine groups is 1. The summed E-state index contributed by atoms with van der Waals surface area (Å²) >= 11 is 0. The Kier molecular flexibility index (Phi) is 6.40. The lowest BCUT2D eigenvalue weighted by molar-refractivity contribution is -0.136. The number of benzene rings is 4. The van der Waals surface area contributed by atoms with Crippen LogP contribution in [-0.2, 0) is 16.0 Å². The number of anilines is 2. The fraction of sp³-hybridized carbons (Fsp3) is 0.0769. The van der Waals surface area contributed by atoms with E-state index in [2.05, 4.69) is 5.43 Å². The lowest BCUT2D eigenvalue weighted by Crippen LogP contribution is -2.41. The molecule has 4 rings (SSSR count). The maximum Gasteiger partial charge on any atom is 0.307 e. The number of hydrogen-bond acceptors (Lipinski definition) is 5. The minimum absolute atomic E-state index is 0.107. The van der Waals surface area contributed by atoms with Crippen LogP contribution in [0, 0.1) is 0 Å². The molecule has 166 valence electrons. The van der Waals surface area contributed by atoms with Crippen LogP contribution >= 0.6 is 0 Å². The molecule has 0 fully saturated rings. The van der Waals surface area contributed by atoms with Gasteiger partial charge in [0.15, 0.2) is 6.61 Å². The van der Waals surface area contributed by atoms with Crippen LogP contribution in [0.15, 0.2) is 91.0 Å². The fourth-order valence-electron chi connectivity index (χ4n) is 3.52. The summed E-state index contributed by atoms with van der Waals surface area (Å²) in [6.45, 7) is -0.257. The molecule has 0 aromatic heterocycles. The molecule has 0 spiro atoms. The van der Waals surface area contributed by atoms with Crippen molar-refractivity contribution >= 4 is 34.0 Å². The maximum atomic E-state index is 12.8. The zero-order chi connectivity index (χ0) is 23.2. The Hall–Kier alpha value is -4.52. The van der Waals surface area contributed by atoms with Crippen LogP contribution in [0.5, 0.6) is 11.5 Å². The number of carboxylic acid groups (broad SMARTS) is 1. The molecule has 4 aromatic carbocycles. The van der Waals surface area contributed by atoms with Crippen molar-refractivity contribution in [1.29, 1.82) is 0 Å². The van der Waals surface area contributed by atoms with E-state index in [0.29, 0.717) is 22.1 Å². The molecule has 0 aliphatic heterocycles. The van der Waals surface area contributed by atoms with E-state index in [1.54, 1.807) is 35.3 Å². The maximum absolute atomic E-state index is 12.8. The second-order valence-electron chi connectivity index (χ2n) is 7.33. The average Bonchev–Trinajstić information content (AvgIpc) is 2.84. The summed E-state index contributed by atoms with van der Waals surface area (Å²) < 4.78 is 5.76. The van der Waals surface area contributed by atoms with Crippen LogP contribution in [0.3, 0.4) is 0 Å². The first kappa shape index (κ1) is 21.7. The average molecular weight is 442 g/mol. The molecule has 0 unspecified atom stereocenters. The number of fused-ring (bicyclic) bond motifs is 1. The fourth-order valence-corrected chi connectivity index (χ4v) is 3.52. The molecule has 7 heteroatoms. The lowest BCUT2D eigenvalue weighted by atomic mass is 10.0. The van der Waals surface area contributed by atoms with Gasteiger partial charge in [-0.3, -0.25) is 20.0 Å². The molecule has 0 aliphatic rings. The minimum Gasteiger partial charge on any atom is -0.507 e. The largest absolute Gasteiger partial charge is 0.507 e. The Morgan fingerprint density at radius 3 is 2.03 bits per heavy atom. The van der Waals surface area contributed by atoms with E-state index in [1.807, 2.05) is 60.7 Å². The van der Waals surface area contributed by atoms with Crippen LogP contribution in [-0.4, -0.2) is 28.7 Å². The van der Waals surface area contributed by atoms with Gasteiger partial charge in [0, 0.05) is 16.3 Å². The Balaban J connectivity index is 1.52. The van der Waals surface area contributed by atoms with Gasteiger partial charge < -0.3 is 14.9 Å². The van der Waals surface area contributed by atoms with Crippen LogP contribution < -0.4 is 15.2 Å². The van der Waals surface area contributed by atoms with Gasteiger partial charge in [0.2, 0.25) is 0 Å². The minimum atomic E-state index is -1.03. The van der Waals surface area contributed by atoms with Crippen molar-refractivity contribution in [1.82, 2.24) is 5.43 Å². The lowest BCUT2D eigenvalue weighted by Gasteiger charge is -2.25. The number of carboxylic acids is 1. The van der Waals surface area contributed by atoms with Crippen molar-refractivity contribution in [2.24, 2.45) is 0 Å². The molecular formula is C26H22N2O5. The number of ether oxygens (including phenoxy) is 1. The smallest absolute Gasteiger partial charge is 0.307 e. The van der Waals surface area contributed by atoms with Crippen molar-refractivity contribution < 1.29 is 24.5 Å². The summed E-state index contributed by atoms with van der Waals surface area (Å²) in [7, 11) is 0. The van der Waals surface area contributed by atoms with Crippen LogP contribution in [0.25, 0.3) is 10.8 Å². The monoisotopic (exact) mass is 442 g/mol. The van der Waals surface area contributed by atoms with Crippen molar-refractivity contribution in [2.75, 3.05) is 11.6 Å². The predicted molar refractivity (Wildman–Crippen MR) is 126 cm³/mol. The summed E-state index contributed by atoms with van der Waals surface area (Å²) in [5, 5.41) is 22.2. The topological polar surface area (TPSA) is 99.1 Å². The van der Waals surface area contributed by atoms with E-state index >= 15 is 0 Å². The number of carbonyl (C=O) groups is 2. The molecule has 0 atom stereocenters. The number of rotatable bonds is 8. The number of carbonyl (C=O) groups excluding carboxylic acids is 1. The third kappa shape index (κ3) is 5.04. The van der Waals surface area contributed by atoms with Crippen molar-refractivity contribution in [3.63, 3.8) is 0 Å². The van der Waals surface area contributed by atoms with Gasteiger partial charge in [-0.15, -0.1) is 0 Å². The van der Waals surface area contributed by atoms with E-state index in [4.69, 9.17) is 9.84 Å². The van der Waals surface area contributed by atoms with Gasteiger partial charge in [0.1, 0.15) is 11.5 Å². The van der Waals surface area contributed by atoms with E-state index in [1.165, 1.54) is 0 Å². The van der Waals surface area contributed by atoms with Gasteiger partial charge in [-0.2, -0.15) is 0 Å². The second kappa shape index (κ2) is 9.74. The molecule has 3 N–H and O–H groups in total. The Bertz CT molecular complexity index is 1240. The van der Waals surface area contributed by atoms with E-state index in [9.17, 15) is 14.7 Å². The summed E-state index contributed by atoms with van der Waals surface area (Å²) in [5.41, 5.74) is 4.76. The standard InChI is InChI=1S/C26H22N2O5/c29-24(27-28(19-8-3-1-4-9-19)20-10-5-2-6-11-20)17-33-23-13-7-12-22-21(23)15-14-18(26(22)32)16-25(30)31/h1-15,32H,16-17H2,(H,27,29)(H,30,31). The number of aliphatic carboxylic acids is 1. The summed E-state index contributed by atoms with van der Waals surface area (Å²) in [4.78, 5) is 23.8. The van der Waals surface area contributed by atoms with Gasteiger partial charge in [0.05, 0.1) is 17.8 Å². The van der Waals surface area contributed by atoms with Gasteiger partial charge >= 0.3 is 5.97 Å². The Labute approximate surface area is 190 Å². The van der Waals surface area contributed by atoms with Crippen molar-refractivity contribution in [3.8, 4) is 11.5 Å². The normalized spacial score (nSPS) is 10.5. The molecule has 0 saturated carbocycles. The van der Waals surface area contributed by atoms with Gasteiger partial charge in [-0.1, -0.05) is 60.7 Å². The van der Waals surface area contributed by atoms with E-state index in [-0.39, 0.29) is 24.7 Å². The van der Waals surface area contributed by atoms with Gasteiger partial charge in [-0.05, 0) is 30.3 Å². The number of nitrogens with zero attached hydrogens (tertiary/aromatic N) is 1. The molecule has 7 nitrogen and oxygen atoms in total. The van der Waals surface area contributed by atoms with Crippen molar-refractivity contribution in [3.05, 3.63) is 96.6 Å².